The molecule has 2 nitrogen and oxygen atoms in total. The normalized spacial score (nSPS) is 10.9. The summed E-state index contributed by atoms with van der Waals surface area (Å²) in [6.45, 7) is 1.56. The molecule has 0 atom stereocenters. The molecule has 0 saturated heterocycles. The zero-order valence-corrected chi connectivity index (χ0v) is 11.1. The van der Waals surface area contributed by atoms with Crippen LogP contribution in [0.5, 0.6) is 0 Å². The van der Waals surface area contributed by atoms with Gasteiger partial charge >= 0.3 is 0 Å². The Hall–Kier alpha value is -0.510. The van der Waals surface area contributed by atoms with E-state index in [4.69, 9.17) is 23.2 Å². The third kappa shape index (κ3) is 5.01. The average Bonchev–Trinajstić information content (AvgIpc) is 2.22. The zero-order valence-electron chi connectivity index (χ0n) is 8.74. The maximum Gasteiger partial charge on any atom is 0.185 e. The summed E-state index contributed by atoms with van der Waals surface area (Å²) in [6, 6.07) is 1.76. The van der Waals surface area contributed by atoms with Gasteiger partial charge in [-0.2, -0.15) is 0 Å². The van der Waals surface area contributed by atoms with Crippen LogP contribution in [-0.4, -0.2) is 15.9 Å². The first-order chi connectivity index (χ1) is 7.59. The molecular weight excluding hydrogens is 265 g/mol. The zero-order chi connectivity index (χ0) is 12.0. The highest BCUT2D eigenvalue weighted by Crippen LogP contribution is 2.19. The Kier molecular flexibility index (Phi) is 5.88. The number of halogens is 2. The predicted octanol–water partition coefficient (Wildman–Crippen LogP) is 4.07. The van der Waals surface area contributed by atoms with Crippen LogP contribution in [0.4, 0.5) is 0 Å². The molecule has 0 spiro atoms. The number of allylic oxidation sites excluding steroid dienone is 1. The summed E-state index contributed by atoms with van der Waals surface area (Å²) < 4.78 is 0. The second kappa shape index (κ2) is 6.94. The highest BCUT2D eigenvalue weighted by atomic mass is 35.5. The van der Waals surface area contributed by atoms with Crippen LogP contribution >= 0.6 is 35.0 Å². The van der Waals surface area contributed by atoms with Crippen LogP contribution in [0, 0.1) is 0 Å². The maximum atomic E-state index is 10.7. The van der Waals surface area contributed by atoms with Crippen molar-refractivity contribution in [3.63, 3.8) is 0 Å². The van der Waals surface area contributed by atoms with Crippen molar-refractivity contribution in [2.24, 2.45) is 0 Å². The highest BCUT2D eigenvalue weighted by Gasteiger charge is 1.98. The first-order valence-electron chi connectivity index (χ1n) is 4.70. The van der Waals surface area contributed by atoms with Crippen LogP contribution in [0.3, 0.4) is 0 Å². The fraction of sp³-hybridized carbons (Fsp3) is 0.273. The molecule has 0 saturated carbocycles. The van der Waals surface area contributed by atoms with Crippen molar-refractivity contribution in [3.05, 3.63) is 34.1 Å². The van der Waals surface area contributed by atoms with E-state index in [9.17, 15) is 4.79 Å². The van der Waals surface area contributed by atoms with E-state index in [0.29, 0.717) is 10.2 Å². The van der Waals surface area contributed by atoms with Gasteiger partial charge in [-0.05, 0) is 12.5 Å². The van der Waals surface area contributed by atoms with Gasteiger partial charge in [0, 0.05) is 24.4 Å². The standard InChI is InChI=1S/C11H11Cl2NOS/c1-8(15)16-5-3-2-4-9-6-10(12)7-14-11(9)13/h2,4,6-7H,3,5H2,1H3. The third-order valence-electron chi connectivity index (χ3n) is 1.72. The predicted molar refractivity (Wildman–Crippen MR) is 71.0 cm³/mol. The smallest absolute Gasteiger partial charge is 0.185 e. The van der Waals surface area contributed by atoms with E-state index in [1.165, 1.54) is 18.0 Å². The van der Waals surface area contributed by atoms with Crippen molar-refractivity contribution < 1.29 is 4.79 Å². The van der Waals surface area contributed by atoms with Crippen LogP contribution in [0.2, 0.25) is 10.2 Å². The van der Waals surface area contributed by atoms with E-state index in [1.807, 2.05) is 12.2 Å². The summed E-state index contributed by atoms with van der Waals surface area (Å²) in [5, 5.41) is 1.12. The van der Waals surface area contributed by atoms with Crippen LogP contribution in [-0.2, 0) is 4.79 Å². The summed E-state index contributed by atoms with van der Waals surface area (Å²) in [5.41, 5.74) is 0.794. The minimum atomic E-state index is 0.135. The molecule has 0 aromatic carbocycles. The molecule has 0 unspecified atom stereocenters. The number of hydrogen-bond acceptors (Lipinski definition) is 3. The maximum absolute atomic E-state index is 10.7. The van der Waals surface area contributed by atoms with Gasteiger partial charge in [-0.15, -0.1) is 0 Å². The van der Waals surface area contributed by atoms with Gasteiger partial charge in [0.15, 0.2) is 5.12 Å². The summed E-state index contributed by atoms with van der Waals surface area (Å²) in [4.78, 5) is 14.6. The molecule has 5 heteroatoms. The lowest BCUT2D eigenvalue weighted by atomic mass is 10.2. The minimum Gasteiger partial charge on any atom is -0.288 e. The van der Waals surface area contributed by atoms with Crippen molar-refractivity contribution in [2.45, 2.75) is 13.3 Å². The Morgan fingerprint density at radius 1 is 1.56 bits per heavy atom. The molecule has 0 bridgehead atoms. The topological polar surface area (TPSA) is 30.0 Å². The minimum absolute atomic E-state index is 0.135. The lowest BCUT2D eigenvalue weighted by Crippen LogP contribution is -1.84. The third-order valence-corrected chi connectivity index (χ3v) is 3.09. The molecular formula is C11H11Cl2NOS. The number of thioether (sulfide) groups is 1. The number of carbonyl (C=O) groups excluding carboxylic acids is 1. The largest absolute Gasteiger partial charge is 0.288 e. The van der Waals surface area contributed by atoms with E-state index in [2.05, 4.69) is 4.98 Å². The summed E-state index contributed by atoms with van der Waals surface area (Å²) in [7, 11) is 0. The van der Waals surface area contributed by atoms with E-state index in [1.54, 1.807) is 13.0 Å². The van der Waals surface area contributed by atoms with Gasteiger partial charge in [0.05, 0.1) is 5.02 Å². The van der Waals surface area contributed by atoms with Gasteiger partial charge in [-0.1, -0.05) is 47.1 Å². The van der Waals surface area contributed by atoms with Gasteiger partial charge in [0.25, 0.3) is 0 Å². The monoisotopic (exact) mass is 275 g/mol. The average molecular weight is 276 g/mol. The molecule has 1 aromatic heterocycles. The lowest BCUT2D eigenvalue weighted by molar-refractivity contribution is -0.109. The number of rotatable bonds is 4. The summed E-state index contributed by atoms with van der Waals surface area (Å²) in [5.74, 6) is 0.775. The van der Waals surface area contributed by atoms with Crippen molar-refractivity contribution in [1.29, 1.82) is 0 Å². The molecule has 0 radical (unpaired) electrons. The number of nitrogens with zero attached hydrogens (tertiary/aromatic N) is 1. The number of aromatic nitrogens is 1. The van der Waals surface area contributed by atoms with Crippen molar-refractivity contribution in [3.8, 4) is 0 Å². The molecule has 0 aliphatic rings. The molecule has 86 valence electrons. The van der Waals surface area contributed by atoms with E-state index >= 15 is 0 Å². The first-order valence-corrected chi connectivity index (χ1v) is 6.44. The molecule has 1 heterocycles. The van der Waals surface area contributed by atoms with E-state index in [-0.39, 0.29) is 5.12 Å². The van der Waals surface area contributed by atoms with Gasteiger partial charge < -0.3 is 0 Å². The fourth-order valence-electron chi connectivity index (χ4n) is 1.04. The van der Waals surface area contributed by atoms with Crippen molar-refractivity contribution in [1.82, 2.24) is 4.98 Å². The molecule has 0 aliphatic heterocycles. The second-order valence-corrected chi connectivity index (χ2v) is 5.13. The van der Waals surface area contributed by atoms with Gasteiger partial charge in [0.2, 0.25) is 0 Å². The van der Waals surface area contributed by atoms with E-state index in [0.717, 1.165) is 17.7 Å². The van der Waals surface area contributed by atoms with Gasteiger partial charge in [-0.3, -0.25) is 4.79 Å². The molecule has 16 heavy (non-hydrogen) atoms. The second-order valence-electron chi connectivity index (χ2n) is 3.06. The Morgan fingerprint density at radius 3 is 3.00 bits per heavy atom. The van der Waals surface area contributed by atoms with Crippen LogP contribution in [0.15, 0.2) is 18.3 Å². The quantitative estimate of drug-likeness (QED) is 0.613. The number of hydrogen-bond donors (Lipinski definition) is 0. The molecule has 0 amide bonds. The van der Waals surface area contributed by atoms with Crippen molar-refractivity contribution in [2.75, 3.05) is 5.75 Å². The molecule has 1 aromatic rings. The fourth-order valence-corrected chi connectivity index (χ4v) is 1.91. The van der Waals surface area contributed by atoms with Crippen LogP contribution < -0.4 is 0 Å². The molecule has 0 fully saturated rings. The Balaban J connectivity index is 2.49. The number of pyridine rings is 1. The lowest BCUT2D eigenvalue weighted by Gasteiger charge is -1.97. The molecule has 0 N–H and O–H groups in total. The Labute approximate surface area is 109 Å². The first kappa shape index (κ1) is 13.6. The molecule has 0 aliphatic carbocycles. The Morgan fingerprint density at radius 2 is 2.31 bits per heavy atom. The Bertz CT molecular complexity index is 407. The number of carbonyl (C=O) groups is 1. The van der Waals surface area contributed by atoms with E-state index < -0.39 is 0 Å². The summed E-state index contributed by atoms with van der Waals surface area (Å²) >= 11 is 13.0. The van der Waals surface area contributed by atoms with Gasteiger partial charge in [-0.25, -0.2) is 4.98 Å². The highest BCUT2D eigenvalue weighted by molar-refractivity contribution is 8.13. The molecule has 1 rings (SSSR count). The summed E-state index contributed by atoms with van der Waals surface area (Å²) in [6.07, 6.45) is 6.14. The van der Waals surface area contributed by atoms with Crippen LogP contribution in [0.25, 0.3) is 6.08 Å². The van der Waals surface area contributed by atoms with Crippen molar-refractivity contribution >= 4 is 46.2 Å². The van der Waals surface area contributed by atoms with Gasteiger partial charge in [0.1, 0.15) is 5.15 Å². The van der Waals surface area contributed by atoms with Crippen LogP contribution in [0.1, 0.15) is 18.9 Å². The SMILES string of the molecule is CC(=O)SCCC=Cc1cc(Cl)cnc1Cl.